The van der Waals surface area contributed by atoms with Gasteiger partial charge in [-0.3, -0.25) is 14.8 Å². The van der Waals surface area contributed by atoms with Gasteiger partial charge in [0, 0.05) is 37.5 Å². The second-order valence-corrected chi connectivity index (χ2v) is 5.50. The summed E-state index contributed by atoms with van der Waals surface area (Å²) < 4.78 is 4.98. The summed E-state index contributed by atoms with van der Waals surface area (Å²) in [4.78, 5) is 23.0. The highest BCUT2D eigenvalue weighted by Crippen LogP contribution is 2.26. The van der Waals surface area contributed by atoms with Crippen LogP contribution in [0, 0.1) is 13.8 Å². The van der Waals surface area contributed by atoms with Crippen molar-refractivity contribution in [2.45, 2.75) is 32.6 Å². The van der Waals surface area contributed by atoms with Crippen molar-refractivity contribution in [1.29, 1.82) is 0 Å². The summed E-state index contributed by atoms with van der Waals surface area (Å²) in [7, 11) is 0. The third kappa shape index (κ3) is 2.94. The Labute approximate surface area is 123 Å². The van der Waals surface area contributed by atoms with Crippen LogP contribution in [0.4, 0.5) is 0 Å². The Bertz CT molecular complexity index is 653. The van der Waals surface area contributed by atoms with Gasteiger partial charge in [-0.15, -0.1) is 0 Å². The van der Waals surface area contributed by atoms with E-state index < -0.39 is 0 Å². The lowest BCUT2D eigenvalue weighted by Crippen LogP contribution is -2.39. The zero-order chi connectivity index (χ0) is 14.8. The molecule has 0 N–H and O–H groups in total. The van der Waals surface area contributed by atoms with E-state index in [9.17, 15) is 4.79 Å². The molecule has 0 saturated carbocycles. The van der Waals surface area contributed by atoms with Gasteiger partial charge in [-0.2, -0.15) is 0 Å². The minimum Gasteiger partial charge on any atom is -0.361 e. The SMILES string of the molecule is Cc1cncc([C@H]2CCCN(C(=O)c3cc(C)on3)C2)n1. The maximum atomic E-state index is 12.4. The van der Waals surface area contributed by atoms with Crippen LogP contribution in [-0.2, 0) is 0 Å². The summed E-state index contributed by atoms with van der Waals surface area (Å²) in [6.45, 7) is 5.12. The van der Waals surface area contributed by atoms with Crippen LogP contribution in [0.3, 0.4) is 0 Å². The first-order valence-electron chi connectivity index (χ1n) is 7.14. The smallest absolute Gasteiger partial charge is 0.276 e. The molecule has 3 heterocycles. The molecule has 1 aliphatic heterocycles. The molecule has 110 valence electrons. The van der Waals surface area contributed by atoms with E-state index in [1.54, 1.807) is 25.4 Å². The molecule has 1 aliphatic rings. The molecule has 2 aromatic heterocycles. The zero-order valence-electron chi connectivity index (χ0n) is 12.2. The molecule has 1 amide bonds. The number of amides is 1. The molecule has 2 aromatic rings. The highest BCUT2D eigenvalue weighted by molar-refractivity contribution is 5.92. The molecule has 0 aromatic carbocycles. The largest absolute Gasteiger partial charge is 0.361 e. The van der Waals surface area contributed by atoms with E-state index in [0.717, 1.165) is 30.8 Å². The van der Waals surface area contributed by atoms with Gasteiger partial charge in [0.2, 0.25) is 0 Å². The van der Waals surface area contributed by atoms with Gasteiger partial charge in [-0.05, 0) is 26.7 Å². The Balaban J connectivity index is 1.75. The molecular weight excluding hydrogens is 268 g/mol. The molecule has 1 atom stereocenters. The van der Waals surface area contributed by atoms with E-state index in [4.69, 9.17) is 4.52 Å². The fraction of sp³-hybridized carbons (Fsp3) is 0.467. The van der Waals surface area contributed by atoms with Gasteiger partial charge in [0.1, 0.15) is 5.76 Å². The number of rotatable bonds is 2. The number of hydrogen-bond donors (Lipinski definition) is 0. The molecule has 0 radical (unpaired) electrons. The summed E-state index contributed by atoms with van der Waals surface area (Å²) in [5.41, 5.74) is 2.25. The number of carbonyl (C=O) groups is 1. The number of aromatic nitrogens is 3. The van der Waals surface area contributed by atoms with Gasteiger partial charge in [-0.1, -0.05) is 5.16 Å². The first-order valence-corrected chi connectivity index (χ1v) is 7.14. The predicted octanol–water partition coefficient (Wildman–Crippen LogP) is 2.10. The Morgan fingerprint density at radius 2 is 2.24 bits per heavy atom. The average molecular weight is 286 g/mol. The van der Waals surface area contributed by atoms with Crippen LogP contribution in [-0.4, -0.2) is 39.0 Å². The topological polar surface area (TPSA) is 72.1 Å². The van der Waals surface area contributed by atoms with Crippen molar-refractivity contribution >= 4 is 5.91 Å². The van der Waals surface area contributed by atoms with Crippen molar-refractivity contribution in [3.63, 3.8) is 0 Å². The third-order valence-corrected chi connectivity index (χ3v) is 3.75. The van der Waals surface area contributed by atoms with Gasteiger partial charge in [0.15, 0.2) is 5.69 Å². The van der Waals surface area contributed by atoms with Crippen LogP contribution in [0.15, 0.2) is 23.0 Å². The molecule has 1 saturated heterocycles. The molecule has 6 heteroatoms. The van der Waals surface area contributed by atoms with Crippen molar-refractivity contribution in [3.05, 3.63) is 41.3 Å². The molecule has 0 spiro atoms. The Kier molecular flexibility index (Phi) is 3.68. The average Bonchev–Trinajstić information content (AvgIpc) is 2.93. The second-order valence-electron chi connectivity index (χ2n) is 5.50. The quantitative estimate of drug-likeness (QED) is 0.845. The first-order chi connectivity index (χ1) is 10.1. The molecule has 0 unspecified atom stereocenters. The summed E-state index contributed by atoms with van der Waals surface area (Å²) in [5, 5.41) is 3.81. The lowest BCUT2D eigenvalue weighted by molar-refractivity contribution is 0.0695. The third-order valence-electron chi connectivity index (χ3n) is 3.75. The number of piperidine rings is 1. The lowest BCUT2D eigenvalue weighted by atomic mass is 9.94. The molecule has 1 fully saturated rings. The van der Waals surface area contributed by atoms with Crippen LogP contribution >= 0.6 is 0 Å². The van der Waals surface area contributed by atoms with Gasteiger partial charge in [0.05, 0.1) is 11.4 Å². The van der Waals surface area contributed by atoms with Crippen molar-refractivity contribution in [2.24, 2.45) is 0 Å². The van der Waals surface area contributed by atoms with E-state index in [-0.39, 0.29) is 11.8 Å². The molecule has 21 heavy (non-hydrogen) atoms. The zero-order valence-corrected chi connectivity index (χ0v) is 12.2. The summed E-state index contributed by atoms with van der Waals surface area (Å²) in [6, 6.07) is 1.68. The highest BCUT2D eigenvalue weighted by atomic mass is 16.5. The Morgan fingerprint density at radius 3 is 2.95 bits per heavy atom. The first kappa shape index (κ1) is 13.7. The van der Waals surface area contributed by atoms with Crippen LogP contribution in [0.25, 0.3) is 0 Å². The van der Waals surface area contributed by atoms with Crippen molar-refractivity contribution in [2.75, 3.05) is 13.1 Å². The standard InChI is InChI=1S/C15H18N4O2/c1-10-7-16-8-14(17-10)12-4-3-5-19(9-12)15(20)13-6-11(2)21-18-13/h6-8,12H,3-5,9H2,1-2H3/t12-/m0/s1. The maximum absolute atomic E-state index is 12.4. The van der Waals surface area contributed by atoms with Gasteiger partial charge >= 0.3 is 0 Å². The minimum atomic E-state index is -0.0721. The van der Waals surface area contributed by atoms with Crippen LogP contribution < -0.4 is 0 Å². The van der Waals surface area contributed by atoms with Crippen molar-refractivity contribution < 1.29 is 9.32 Å². The van der Waals surface area contributed by atoms with Crippen LogP contribution in [0.2, 0.25) is 0 Å². The number of aryl methyl sites for hydroxylation is 2. The number of likely N-dealkylation sites (tertiary alicyclic amines) is 1. The number of carbonyl (C=O) groups excluding carboxylic acids is 1. The molecule has 0 aliphatic carbocycles. The van der Waals surface area contributed by atoms with E-state index >= 15 is 0 Å². The van der Waals surface area contributed by atoms with Crippen LogP contribution in [0.1, 0.15) is 46.4 Å². The van der Waals surface area contributed by atoms with E-state index in [1.807, 2.05) is 11.8 Å². The molecule has 6 nitrogen and oxygen atoms in total. The molecular formula is C15H18N4O2. The second kappa shape index (κ2) is 5.63. The fourth-order valence-corrected chi connectivity index (χ4v) is 2.71. The number of hydrogen-bond acceptors (Lipinski definition) is 5. The number of nitrogens with zero attached hydrogens (tertiary/aromatic N) is 4. The van der Waals surface area contributed by atoms with Crippen LogP contribution in [0.5, 0.6) is 0 Å². The lowest BCUT2D eigenvalue weighted by Gasteiger charge is -2.31. The van der Waals surface area contributed by atoms with Crippen molar-refractivity contribution in [1.82, 2.24) is 20.0 Å². The molecule has 0 bridgehead atoms. The van der Waals surface area contributed by atoms with E-state index in [1.165, 1.54) is 0 Å². The summed E-state index contributed by atoms with van der Waals surface area (Å²) in [6.07, 6.45) is 5.53. The molecule has 3 rings (SSSR count). The maximum Gasteiger partial charge on any atom is 0.276 e. The minimum absolute atomic E-state index is 0.0721. The van der Waals surface area contributed by atoms with Gasteiger partial charge in [-0.25, -0.2) is 0 Å². The van der Waals surface area contributed by atoms with Gasteiger partial charge < -0.3 is 9.42 Å². The Hall–Kier alpha value is -2.24. The Morgan fingerprint density at radius 1 is 1.38 bits per heavy atom. The summed E-state index contributed by atoms with van der Waals surface area (Å²) >= 11 is 0. The van der Waals surface area contributed by atoms with E-state index in [0.29, 0.717) is 18.0 Å². The highest BCUT2D eigenvalue weighted by Gasteiger charge is 2.27. The van der Waals surface area contributed by atoms with Gasteiger partial charge in [0.25, 0.3) is 5.91 Å². The summed E-state index contributed by atoms with van der Waals surface area (Å²) in [5.74, 6) is 0.816. The normalized spacial score (nSPS) is 18.8. The van der Waals surface area contributed by atoms with Crippen molar-refractivity contribution in [3.8, 4) is 0 Å². The van der Waals surface area contributed by atoms with E-state index in [2.05, 4.69) is 15.1 Å². The fourth-order valence-electron chi connectivity index (χ4n) is 2.71. The predicted molar refractivity (Wildman–Crippen MR) is 75.9 cm³/mol. The monoisotopic (exact) mass is 286 g/mol.